The lowest BCUT2D eigenvalue weighted by molar-refractivity contribution is 0.413. The van der Waals surface area contributed by atoms with Crippen LogP contribution >= 0.6 is 0 Å². The lowest BCUT2D eigenvalue weighted by Crippen LogP contribution is -2.37. The smallest absolute Gasteiger partial charge is 0.118 e. The Labute approximate surface area is 115 Å². The van der Waals surface area contributed by atoms with Crippen molar-refractivity contribution in [3.05, 3.63) is 65.7 Å². The van der Waals surface area contributed by atoms with E-state index in [0.717, 1.165) is 29.7 Å². The number of hydrogen-bond acceptors (Lipinski definition) is 2. The maximum absolute atomic E-state index is 6.70. The van der Waals surface area contributed by atoms with Crippen molar-refractivity contribution in [3.63, 3.8) is 0 Å². The summed E-state index contributed by atoms with van der Waals surface area (Å²) in [5, 5.41) is 0. The first kappa shape index (κ1) is 13.6. The maximum atomic E-state index is 6.70. The highest BCUT2D eigenvalue weighted by Gasteiger charge is 2.28. The zero-order valence-corrected chi connectivity index (χ0v) is 11.6. The Bertz CT molecular complexity index is 507. The third kappa shape index (κ3) is 2.79. The minimum atomic E-state index is -0.428. The molecule has 2 rings (SSSR count). The van der Waals surface area contributed by atoms with Gasteiger partial charge < -0.3 is 10.5 Å². The summed E-state index contributed by atoms with van der Waals surface area (Å²) >= 11 is 0. The van der Waals surface area contributed by atoms with Crippen LogP contribution in [0.5, 0.6) is 5.75 Å². The molecule has 19 heavy (non-hydrogen) atoms. The molecular formula is C17H21NO. The van der Waals surface area contributed by atoms with Gasteiger partial charge in [0.2, 0.25) is 0 Å². The summed E-state index contributed by atoms with van der Waals surface area (Å²) < 4.78 is 5.21. The largest absolute Gasteiger partial charge is 0.497 e. The van der Waals surface area contributed by atoms with Gasteiger partial charge in [0, 0.05) is 0 Å². The van der Waals surface area contributed by atoms with Crippen LogP contribution in [0.25, 0.3) is 0 Å². The molecule has 0 aliphatic rings. The summed E-state index contributed by atoms with van der Waals surface area (Å²) in [5.74, 6) is 0.857. The fourth-order valence-electron chi connectivity index (χ4n) is 2.47. The van der Waals surface area contributed by atoms with E-state index in [-0.39, 0.29) is 0 Å². The van der Waals surface area contributed by atoms with Crippen LogP contribution in [0.1, 0.15) is 30.9 Å². The number of methoxy groups -OCH3 is 1. The average molecular weight is 255 g/mol. The first-order chi connectivity index (χ1) is 9.20. The van der Waals surface area contributed by atoms with Crippen LogP contribution in [0.3, 0.4) is 0 Å². The Balaban J connectivity index is 2.43. The third-order valence-electron chi connectivity index (χ3n) is 3.54. The van der Waals surface area contributed by atoms with Crippen LogP contribution in [0, 0.1) is 0 Å². The van der Waals surface area contributed by atoms with Gasteiger partial charge in [-0.1, -0.05) is 55.8 Å². The van der Waals surface area contributed by atoms with E-state index in [1.807, 2.05) is 30.3 Å². The highest BCUT2D eigenvalue weighted by Crippen LogP contribution is 2.32. The van der Waals surface area contributed by atoms with Gasteiger partial charge in [-0.05, 0) is 29.7 Å². The van der Waals surface area contributed by atoms with Crippen molar-refractivity contribution in [1.82, 2.24) is 0 Å². The Morgan fingerprint density at radius 2 is 1.53 bits per heavy atom. The van der Waals surface area contributed by atoms with Gasteiger partial charge in [-0.15, -0.1) is 0 Å². The van der Waals surface area contributed by atoms with Crippen LogP contribution in [0.15, 0.2) is 54.6 Å². The molecule has 0 aliphatic carbocycles. The molecular weight excluding hydrogens is 234 g/mol. The number of rotatable bonds is 5. The molecule has 0 aromatic heterocycles. The van der Waals surface area contributed by atoms with E-state index in [1.54, 1.807) is 7.11 Å². The Hall–Kier alpha value is -1.80. The summed E-state index contributed by atoms with van der Waals surface area (Å²) in [6, 6.07) is 18.3. The normalized spacial score (nSPS) is 13.8. The van der Waals surface area contributed by atoms with Gasteiger partial charge in [0.15, 0.2) is 0 Å². The summed E-state index contributed by atoms with van der Waals surface area (Å²) in [4.78, 5) is 0. The molecule has 0 bridgehead atoms. The van der Waals surface area contributed by atoms with Crippen LogP contribution in [0.4, 0.5) is 0 Å². The van der Waals surface area contributed by atoms with Crippen molar-refractivity contribution >= 4 is 0 Å². The zero-order chi connectivity index (χ0) is 13.7. The molecule has 0 heterocycles. The van der Waals surface area contributed by atoms with Crippen molar-refractivity contribution in [2.24, 2.45) is 5.73 Å². The van der Waals surface area contributed by atoms with E-state index in [0.29, 0.717) is 0 Å². The lowest BCUT2D eigenvalue weighted by Gasteiger charge is -2.30. The number of benzene rings is 2. The minimum absolute atomic E-state index is 0.428. The minimum Gasteiger partial charge on any atom is -0.497 e. The molecule has 2 aromatic rings. The van der Waals surface area contributed by atoms with Crippen LogP contribution in [0.2, 0.25) is 0 Å². The first-order valence-corrected chi connectivity index (χ1v) is 6.69. The molecule has 2 N–H and O–H groups in total. The molecule has 2 aromatic carbocycles. The van der Waals surface area contributed by atoms with E-state index >= 15 is 0 Å². The average Bonchev–Trinajstić information content (AvgIpc) is 2.48. The van der Waals surface area contributed by atoms with Gasteiger partial charge in [-0.2, -0.15) is 0 Å². The molecule has 0 saturated carbocycles. The van der Waals surface area contributed by atoms with E-state index < -0.39 is 5.54 Å². The zero-order valence-electron chi connectivity index (χ0n) is 11.6. The van der Waals surface area contributed by atoms with Gasteiger partial charge in [0.25, 0.3) is 0 Å². The van der Waals surface area contributed by atoms with Gasteiger partial charge in [0.05, 0.1) is 12.6 Å². The second kappa shape index (κ2) is 5.89. The van der Waals surface area contributed by atoms with Gasteiger partial charge >= 0.3 is 0 Å². The molecule has 0 fully saturated rings. The third-order valence-corrected chi connectivity index (χ3v) is 3.54. The van der Waals surface area contributed by atoms with Gasteiger partial charge in [-0.3, -0.25) is 0 Å². The first-order valence-electron chi connectivity index (χ1n) is 6.69. The van der Waals surface area contributed by atoms with Crippen molar-refractivity contribution in [2.75, 3.05) is 7.11 Å². The van der Waals surface area contributed by atoms with Crippen molar-refractivity contribution < 1.29 is 4.74 Å². The van der Waals surface area contributed by atoms with Crippen molar-refractivity contribution in [2.45, 2.75) is 25.3 Å². The van der Waals surface area contributed by atoms with Gasteiger partial charge in [-0.25, -0.2) is 0 Å². The summed E-state index contributed by atoms with van der Waals surface area (Å²) in [7, 11) is 1.67. The van der Waals surface area contributed by atoms with E-state index in [1.165, 1.54) is 0 Å². The molecule has 2 nitrogen and oxygen atoms in total. The number of ether oxygens (including phenoxy) is 1. The van der Waals surface area contributed by atoms with Crippen LogP contribution in [-0.4, -0.2) is 7.11 Å². The monoisotopic (exact) mass is 255 g/mol. The van der Waals surface area contributed by atoms with E-state index in [9.17, 15) is 0 Å². The van der Waals surface area contributed by atoms with Crippen molar-refractivity contribution in [1.29, 1.82) is 0 Å². The van der Waals surface area contributed by atoms with E-state index in [4.69, 9.17) is 10.5 Å². The second-order valence-corrected chi connectivity index (χ2v) is 4.82. The molecule has 0 spiro atoms. The maximum Gasteiger partial charge on any atom is 0.118 e. The fraction of sp³-hybridized carbons (Fsp3) is 0.294. The lowest BCUT2D eigenvalue weighted by atomic mass is 9.80. The Morgan fingerprint density at radius 3 is 2.05 bits per heavy atom. The topological polar surface area (TPSA) is 35.2 Å². The number of nitrogens with two attached hydrogens (primary N) is 1. The molecule has 1 unspecified atom stereocenters. The van der Waals surface area contributed by atoms with Crippen molar-refractivity contribution in [3.8, 4) is 5.75 Å². The highest BCUT2D eigenvalue weighted by molar-refractivity contribution is 5.40. The SMILES string of the molecule is CCCC(N)(c1ccccc1)c1ccc(OC)cc1. The molecule has 0 aliphatic heterocycles. The molecule has 1 atom stereocenters. The van der Waals surface area contributed by atoms with Crippen LogP contribution in [-0.2, 0) is 5.54 Å². The fourth-order valence-corrected chi connectivity index (χ4v) is 2.47. The predicted molar refractivity (Wildman–Crippen MR) is 79.3 cm³/mol. The summed E-state index contributed by atoms with van der Waals surface area (Å²) in [6.45, 7) is 2.16. The Kier molecular flexibility index (Phi) is 4.23. The van der Waals surface area contributed by atoms with Crippen LogP contribution < -0.4 is 10.5 Å². The molecule has 0 amide bonds. The Morgan fingerprint density at radius 1 is 0.947 bits per heavy atom. The van der Waals surface area contributed by atoms with E-state index in [2.05, 4.69) is 31.2 Å². The molecule has 0 radical (unpaired) electrons. The summed E-state index contributed by atoms with van der Waals surface area (Å²) in [6.07, 6.45) is 1.96. The predicted octanol–water partition coefficient (Wildman–Crippen LogP) is 3.70. The second-order valence-electron chi connectivity index (χ2n) is 4.82. The highest BCUT2D eigenvalue weighted by atomic mass is 16.5. The number of hydrogen-bond donors (Lipinski definition) is 1. The molecule has 2 heteroatoms. The molecule has 100 valence electrons. The summed E-state index contributed by atoms with van der Waals surface area (Å²) in [5.41, 5.74) is 8.55. The quantitative estimate of drug-likeness (QED) is 0.884. The molecule has 0 saturated heterocycles. The van der Waals surface area contributed by atoms with Gasteiger partial charge in [0.1, 0.15) is 5.75 Å². The standard InChI is InChI=1S/C17H21NO/c1-3-13-17(18,14-7-5-4-6-8-14)15-9-11-16(19-2)12-10-15/h4-12H,3,13,18H2,1-2H3.